The lowest BCUT2D eigenvalue weighted by atomic mass is 10.2. The summed E-state index contributed by atoms with van der Waals surface area (Å²) < 4.78 is 0.670. The average Bonchev–Trinajstić information content (AvgIpc) is 2.69. The second kappa shape index (κ2) is 8.86. The molecule has 7 heteroatoms. The molecule has 0 atom stereocenters. The van der Waals surface area contributed by atoms with Gasteiger partial charge in [0.05, 0.1) is 23.2 Å². The number of halogens is 1. The maximum Gasteiger partial charge on any atom is 0.272 e. The van der Waals surface area contributed by atoms with Crippen LogP contribution in [0.25, 0.3) is 0 Å². The third-order valence-electron chi connectivity index (χ3n) is 3.54. The quantitative estimate of drug-likeness (QED) is 0.330. The first kappa shape index (κ1) is 18.5. The molecule has 0 aliphatic carbocycles. The van der Waals surface area contributed by atoms with E-state index >= 15 is 0 Å². The standard InChI is InChI=1S/C20H15BrN4O2/c21-18-9-5-4-8-17(18)20(27)25-22-13-14-12-16(10-11-19(14)26)24-23-15-6-2-1-3-7-15/h1-13,26H,(H,25,27)/b22-13-,24-23?. The highest BCUT2D eigenvalue weighted by Gasteiger charge is 2.07. The highest BCUT2D eigenvalue weighted by molar-refractivity contribution is 9.10. The number of hydrogen-bond donors (Lipinski definition) is 2. The molecule has 0 aliphatic heterocycles. The van der Waals surface area contributed by atoms with Crippen molar-refractivity contribution >= 4 is 39.4 Å². The highest BCUT2D eigenvalue weighted by Crippen LogP contribution is 2.24. The fourth-order valence-corrected chi connectivity index (χ4v) is 2.65. The minimum absolute atomic E-state index is 0.0209. The van der Waals surface area contributed by atoms with Crippen LogP contribution in [0.5, 0.6) is 5.75 Å². The summed E-state index contributed by atoms with van der Waals surface area (Å²) in [6.07, 6.45) is 1.35. The van der Waals surface area contributed by atoms with E-state index in [1.54, 1.807) is 30.3 Å². The van der Waals surface area contributed by atoms with Gasteiger partial charge in [0.1, 0.15) is 5.75 Å². The first-order valence-electron chi connectivity index (χ1n) is 8.01. The Balaban J connectivity index is 1.71. The van der Waals surface area contributed by atoms with Gasteiger partial charge in [-0.15, -0.1) is 0 Å². The van der Waals surface area contributed by atoms with Crippen molar-refractivity contribution in [1.82, 2.24) is 5.43 Å². The van der Waals surface area contributed by atoms with Gasteiger partial charge in [0.15, 0.2) is 0 Å². The van der Waals surface area contributed by atoms with E-state index in [-0.39, 0.29) is 11.7 Å². The monoisotopic (exact) mass is 422 g/mol. The number of hydrogen-bond acceptors (Lipinski definition) is 5. The molecule has 6 nitrogen and oxygen atoms in total. The van der Waals surface area contributed by atoms with E-state index in [1.165, 1.54) is 12.3 Å². The third kappa shape index (κ3) is 5.08. The van der Waals surface area contributed by atoms with Crippen molar-refractivity contribution in [1.29, 1.82) is 0 Å². The number of nitrogens with one attached hydrogen (secondary N) is 1. The van der Waals surface area contributed by atoms with Crippen molar-refractivity contribution in [3.8, 4) is 5.75 Å². The molecule has 0 aromatic heterocycles. The Kier molecular flexibility index (Phi) is 6.06. The summed E-state index contributed by atoms with van der Waals surface area (Å²) in [6, 6.07) is 21.1. The van der Waals surface area contributed by atoms with Gasteiger partial charge in [0, 0.05) is 10.0 Å². The summed E-state index contributed by atoms with van der Waals surface area (Å²) in [5.41, 5.74) is 4.57. The van der Waals surface area contributed by atoms with Gasteiger partial charge >= 0.3 is 0 Å². The molecule has 3 aromatic rings. The molecule has 0 bridgehead atoms. The van der Waals surface area contributed by atoms with Crippen molar-refractivity contribution in [2.24, 2.45) is 15.3 Å². The zero-order valence-electron chi connectivity index (χ0n) is 14.1. The van der Waals surface area contributed by atoms with Gasteiger partial charge in [-0.05, 0) is 58.4 Å². The van der Waals surface area contributed by atoms with Gasteiger partial charge in [-0.1, -0.05) is 30.3 Å². The van der Waals surface area contributed by atoms with Gasteiger partial charge in [-0.3, -0.25) is 4.79 Å². The van der Waals surface area contributed by atoms with Crippen LogP contribution in [0.1, 0.15) is 15.9 Å². The Morgan fingerprint density at radius 3 is 2.41 bits per heavy atom. The van der Waals surface area contributed by atoms with Gasteiger partial charge in [0.25, 0.3) is 5.91 Å². The van der Waals surface area contributed by atoms with Crippen LogP contribution >= 0.6 is 15.9 Å². The molecule has 0 spiro atoms. The molecule has 2 N–H and O–H groups in total. The zero-order valence-corrected chi connectivity index (χ0v) is 15.7. The SMILES string of the molecule is O=C(N/N=C\c1cc(N=Nc2ccccc2)ccc1O)c1ccccc1Br. The fourth-order valence-electron chi connectivity index (χ4n) is 2.18. The van der Waals surface area contributed by atoms with Crippen LogP contribution in [0, 0.1) is 0 Å². The lowest BCUT2D eigenvalue weighted by Gasteiger charge is -2.03. The summed E-state index contributed by atoms with van der Waals surface area (Å²) >= 11 is 3.32. The van der Waals surface area contributed by atoms with E-state index in [4.69, 9.17) is 0 Å². The lowest BCUT2D eigenvalue weighted by Crippen LogP contribution is -2.18. The first-order chi connectivity index (χ1) is 13.1. The van der Waals surface area contributed by atoms with Gasteiger partial charge in [-0.2, -0.15) is 15.3 Å². The molecule has 0 aliphatic rings. The van der Waals surface area contributed by atoms with E-state index in [0.29, 0.717) is 21.3 Å². The molecule has 27 heavy (non-hydrogen) atoms. The van der Waals surface area contributed by atoms with E-state index in [0.717, 1.165) is 5.69 Å². The molecule has 134 valence electrons. The van der Waals surface area contributed by atoms with Gasteiger partial charge in [0.2, 0.25) is 0 Å². The normalized spacial score (nSPS) is 11.1. The minimum Gasteiger partial charge on any atom is -0.507 e. The van der Waals surface area contributed by atoms with E-state index < -0.39 is 0 Å². The predicted molar refractivity (Wildman–Crippen MR) is 108 cm³/mol. The minimum atomic E-state index is -0.363. The smallest absolute Gasteiger partial charge is 0.272 e. The summed E-state index contributed by atoms with van der Waals surface area (Å²) in [6.45, 7) is 0. The van der Waals surface area contributed by atoms with Crippen molar-refractivity contribution in [3.63, 3.8) is 0 Å². The van der Waals surface area contributed by atoms with Crippen molar-refractivity contribution in [2.45, 2.75) is 0 Å². The molecule has 1 amide bonds. The van der Waals surface area contributed by atoms with Crippen LogP contribution in [0.15, 0.2) is 92.6 Å². The number of phenolic OH excluding ortho intramolecular Hbond substituents is 1. The molecule has 0 saturated carbocycles. The molecule has 3 rings (SSSR count). The van der Waals surface area contributed by atoms with Gasteiger partial charge < -0.3 is 5.11 Å². The molecule has 0 saturated heterocycles. The average molecular weight is 423 g/mol. The van der Waals surface area contributed by atoms with Crippen LogP contribution in [-0.2, 0) is 0 Å². The summed E-state index contributed by atoms with van der Waals surface area (Å²) in [4.78, 5) is 12.1. The van der Waals surface area contributed by atoms with E-state index in [2.05, 4.69) is 36.7 Å². The molecular formula is C20H15BrN4O2. The summed E-state index contributed by atoms with van der Waals surface area (Å²) in [5.74, 6) is -0.342. The molecular weight excluding hydrogens is 408 g/mol. The molecule has 3 aromatic carbocycles. The molecule has 0 unspecified atom stereocenters. The Morgan fingerprint density at radius 2 is 1.63 bits per heavy atom. The topological polar surface area (TPSA) is 86.4 Å². The number of aromatic hydroxyl groups is 1. The Hall–Kier alpha value is -3.32. The maximum absolute atomic E-state index is 12.1. The zero-order chi connectivity index (χ0) is 19.1. The van der Waals surface area contributed by atoms with Crippen LogP contribution in [0.4, 0.5) is 11.4 Å². The fraction of sp³-hybridized carbons (Fsp3) is 0. The Bertz CT molecular complexity index is 1000. The van der Waals surface area contributed by atoms with Crippen LogP contribution in [-0.4, -0.2) is 17.2 Å². The van der Waals surface area contributed by atoms with E-state index in [9.17, 15) is 9.90 Å². The number of rotatable bonds is 5. The number of carbonyl (C=O) groups is 1. The van der Waals surface area contributed by atoms with Crippen molar-refractivity contribution < 1.29 is 9.90 Å². The molecule has 0 radical (unpaired) electrons. The second-order valence-electron chi connectivity index (χ2n) is 5.46. The Labute approximate surface area is 164 Å². The molecule has 0 fully saturated rings. The lowest BCUT2D eigenvalue weighted by molar-refractivity contribution is 0.0954. The summed E-state index contributed by atoms with van der Waals surface area (Å²) in [7, 11) is 0. The maximum atomic E-state index is 12.1. The second-order valence-corrected chi connectivity index (χ2v) is 6.31. The number of nitrogens with zero attached hydrogens (tertiary/aromatic N) is 3. The first-order valence-corrected chi connectivity index (χ1v) is 8.80. The number of carbonyl (C=O) groups excluding carboxylic acids is 1. The number of benzene rings is 3. The van der Waals surface area contributed by atoms with Gasteiger partial charge in [-0.25, -0.2) is 5.43 Å². The van der Waals surface area contributed by atoms with Crippen molar-refractivity contribution in [2.75, 3.05) is 0 Å². The molecule has 0 heterocycles. The van der Waals surface area contributed by atoms with Crippen LogP contribution < -0.4 is 5.43 Å². The van der Waals surface area contributed by atoms with E-state index in [1.807, 2.05) is 36.4 Å². The number of azo groups is 1. The van der Waals surface area contributed by atoms with Crippen LogP contribution in [0.2, 0.25) is 0 Å². The Morgan fingerprint density at radius 1 is 0.926 bits per heavy atom. The third-order valence-corrected chi connectivity index (χ3v) is 4.23. The van der Waals surface area contributed by atoms with Crippen LogP contribution in [0.3, 0.4) is 0 Å². The van der Waals surface area contributed by atoms with Crippen molar-refractivity contribution in [3.05, 3.63) is 88.4 Å². The number of amides is 1. The largest absolute Gasteiger partial charge is 0.507 e. The predicted octanol–water partition coefficient (Wildman–Crippen LogP) is 5.33. The number of phenols is 1. The number of hydrazone groups is 1. The summed E-state index contributed by atoms with van der Waals surface area (Å²) in [5, 5.41) is 22.1. The highest BCUT2D eigenvalue weighted by atomic mass is 79.9.